The molecule has 0 heterocycles. The van der Waals surface area contributed by atoms with Gasteiger partial charge in [0.15, 0.2) is 0 Å². The number of unbranched alkanes of at least 4 members (excludes halogenated alkanes) is 4. The van der Waals surface area contributed by atoms with Gasteiger partial charge in [-0.3, -0.25) is 0 Å². The van der Waals surface area contributed by atoms with Crippen LogP contribution in [0, 0.1) is 0 Å². The Morgan fingerprint density at radius 2 is 1.77 bits per heavy atom. The third kappa shape index (κ3) is 9.01. The van der Waals surface area contributed by atoms with Gasteiger partial charge in [-0.25, -0.2) is 0 Å². The van der Waals surface area contributed by atoms with Crippen LogP contribution in [0.5, 0.6) is 0 Å². The number of alkyl halides is 1. The molecule has 13 heavy (non-hydrogen) atoms. The van der Waals surface area contributed by atoms with E-state index in [0.717, 1.165) is 0 Å². The van der Waals surface area contributed by atoms with Gasteiger partial charge >= 0.3 is 0 Å². The van der Waals surface area contributed by atoms with Gasteiger partial charge in [-0.05, 0) is 12.8 Å². The standard InChI is InChI=1S/C11H23IO/c1-3-4-5-6-7-8-11(13-2)9-10-12/h11H,3-10H2,1-2H3. The lowest BCUT2D eigenvalue weighted by atomic mass is 10.1. The molecule has 1 atom stereocenters. The van der Waals surface area contributed by atoms with Gasteiger partial charge in [0.05, 0.1) is 6.10 Å². The molecule has 0 aliphatic rings. The van der Waals surface area contributed by atoms with E-state index < -0.39 is 0 Å². The molecule has 0 aromatic carbocycles. The Hall–Kier alpha value is 0.690. The van der Waals surface area contributed by atoms with Gasteiger partial charge < -0.3 is 4.74 Å². The maximum atomic E-state index is 5.39. The lowest BCUT2D eigenvalue weighted by Gasteiger charge is -2.13. The van der Waals surface area contributed by atoms with Crippen LogP contribution < -0.4 is 0 Å². The average Bonchev–Trinajstić information content (AvgIpc) is 2.16. The molecule has 0 aromatic rings. The second kappa shape index (κ2) is 10.8. The lowest BCUT2D eigenvalue weighted by molar-refractivity contribution is 0.0912. The van der Waals surface area contributed by atoms with E-state index >= 15 is 0 Å². The Morgan fingerprint density at radius 1 is 1.08 bits per heavy atom. The van der Waals surface area contributed by atoms with Crippen LogP contribution in [0.2, 0.25) is 0 Å². The molecule has 0 spiro atoms. The number of rotatable bonds is 9. The van der Waals surface area contributed by atoms with Crippen molar-refractivity contribution in [3.05, 3.63) is 0 Å². The quantitative estimate of drug-likeness (QED) is 0.352. The molecule has 1 unspecified atom stereocenters. The summed E-state index contributed by atoms with van der Waals surface area (Å²) >= 11 is 2.42. The van der Waals surface area contributed by atoms with Gasteiger partial charge in [0.1, 0.15) is 0 Å². The largest absolute Gasteiger partial charge is 0.381 e. The maximum Gasteiger partial charge on any atom is 0.0578 e. The average molecular weight is 298 g/mol. The zero-order valence-corrected chi connectivity index (χ0v) is 11.2. The zero-order chi connectivity index (χ0) is 9.94. The van der Waals surface area contributed by atoms with Crippen molar-refractivity contribution in [3.8, 4) is 0 Å². The molecule has 0 rings (SSSR count). The Labute approximate surface area is 96.8 Å². The molecule has 0 aliphatic carbocycles. The van der Waals surface area contributed by atoms with Gasteiger partial charge in [0.25, 0.3) is 0 Å². The molecular formula is C11H23IO. The first-order chi connectivity index (χ1) is 6.35. The molecule has 0 bridgehead atoms. The summed E-state index contributed by atoms with van der Waals surface area (Å²) in [4.78, 5) is 0. The predicted molar refractivity (Wildman–Crippen MR) is 67.7 cm³/mol. The topological polar surface area (TPSA) is 9.23 Å². The fraction of sp³-hybridized carbons (Fsp3) is 1.00. The summed E-state index contributed by atoms with van der Waals surface area (Å²) in [6.45, 7) is 2.26. The van der Waals surface area contributed by atoms with Crippen molar-refractivity contribution < 1.29 is 4.74 Å². The summed E-state index contributed by atoms with van der Waals surface area (Å²) in [5, 5.41) is 0. The first-order valence-corrected chi connectivity index (χ1v) is 6.96. The Bertz CT molecular complexity index is 96.1. The molecule has 0 fully saturated rings. The minimum atomic E-state index is 0.513. The predicted octanol–water partition coefficient (Wildman–Crippen LogP) is 4.19. The van der Waals surface area contributed by atoms with E-state index in [1.54, 1.807) is 0 Å². The molecule has 0 N–H and O–H groups in total. The highest BCUT2D eigenvalue weighted by Gasteiger charge is 2.04. The SMILES string of the molecule is CCCCCCCC(CCI)OC. The minimum absolute atomic E-state index is 0.513. The van der Waals surface area contributed by atoms with Crippen molar-refractivity contribution in [2.24, 2.45) is 0 Å². The summed E-state index contributed by atoms with van der Waals surface area (Å²) in [7, 11) is 1.84. The van der Waals surface area contributed by atoms with E-state index in [1.807, 2.05) is 7.11 Å². The third-order valence-electron chi connectivity index (χ3n) is 2.39. The highest BCUT2D eigenvalue weighted by atomic mass is 127. The van der Waals surface area contributed by atoms with Crippen molar-refractivity contribution in [2.45, 2.75) is 58.0 Å². The molecule has 0 amide bonds. The van der Waals surface area contributed by atoms with E-state index in [9.17, 15) is 0 Å². The maximum absolute atomic E-state index is 5.39. The molecule has 0 radical (unpaired) electrons. The number of ether oxygens (including phenoxy) is 1. The molecule has 0 aliphatic heterocycles. The van der Waals surface area contributed by atoms with Crippen LogP contribution in [-0.2, 0) is 4.74 Å². The van der Waals surface area contributed by atoms with E-state index in [-0.39, 0.29) is 0 Å². The highest BCUT2D eigenvalue weighted by molar-refractivity contribution is 14.1. The van der Waals surface area contributed by atoms with Gasteiger partial charge in [-0.15, -0.1) is 0 Å². The fourth-order valence-corrected chi connectivity index (χ4v) is 2.17. The van der Waals surface area contributed by atoms with Crippen LogP contribution in [0.3, 0.4) is 0 Å². The molecule has 0 saturated heterocycles. The van der Waals surface area contributed by atoms with Gasteiger partial charge in [0.2, 0.25) is 0 Å². The Balaban J connectivity index is 3.17. The summed E-state index contributed by atoms with van der Waals surface area (Å²) < 4.78 is 6.61. The van der Waals surface area contributed by atoms with Crippen molar-refractivity contribution in [1.29, 1.82) is 0 Å². The summed E-state index contributed by atoms with van der Waals surface area (Å²) in [6, 6.07) is 0. The van der Waals surface area contributed by atoms with E-state index in [4.69, 9.17) is 4.74 Å². The summed E-state index contributed by atoms with van der Waals surface area (Å²) in [6.07, 6.45) is 9.83. The number of halogens is 1. The van der Waals surface area contributed by atoms with Crippen LogP contribution in [0.25, 0.3) is 0 Å². The van der Waals surface area contributed by atoms with Crippen molar-refractivity contribution in [1.82, 2.24) is 0 Å². The Kier molecular flexibility index (Phi) is 11.3. The van der Waals surface area contributed by atoms with Crippen LogP contribution in [0.15, 0.2) is 0 Å². The van der Waals surface area contributed by atoms with Crippen molar-refractivity contribution >= 4 is 22.6 Å². The van der Waals surface area contributed by atoms with Crippen LogP contribution in [0.1, 0.15) is 51.9 Å². The minimum Gasteiger partial charge on any atom is -0.381 e. The lowest BCUT2D eigenvalue weighted by Crippen LogP contribution is -2.10. The second-order valence-electron chi connectivity index (χ2n) is 3.54. The number of hydrogen-bond donors (Lipinski definition) is 0. The van der Waals surface area contributed by atoms with E-state index in [2.05, 4.69) is 29.5 Å². The van der Waals surface area contributed by atoms with Gasteiger partial charge in [0, 0.05) is 11.5 Å². The smallest absolute Gasteiger partial charge is 0.0578 e. The van der Waals surface area contributed by atoms with Gasteiger partial charge in [-0.2, -0.15) is 0 Å². The first kappa shape index (κ1) is 13.7. The fourth-order valence-electron chi connectivity index (χ4n) is 1.48. The summed E-state index contributed by atoms with van der Waals surface area (Å²) in [5.74, 6) is 0. The molecular weight excluding hydrogens is 275 g/mol. The highest BCUT2D eigenvalue weighted by Crippen LogP contribution is 2.12. The summed E-state index contributed by atoms with van der Waals surface area (Å²) in [5.41, 5.74) is 0. The third-order valence-corrected chi connectivity index (χ3v) is 3.02. The van der Waals surface area contributed by atoms with E-state index in [1.165, 1.54) is 49.4 Å². The van der Waals surface area contributed by atoms with Crippen molar-refractivity contribution in [3.63, 3.8) is 0 Å². The normalized spacial score (nSPS) is 13.2. The molecule has 80 valence electrons. The molecule has 2 heteroatoms. The van der Waals surface area contributed by atoms with Gasteiger partial charge in [-0.1, -0.05) is 61.6 Å². The molecule has 0 aromatic heterocycles. The number of hydrogen-bond acceptors (Lipinski definition) is 1. The van der Waals surface area contributed by atoms with Crippen LogP contribution >= 0.6 is 22.6 Å². The van der Waals surface area contributed by atoms with Crippen LogP contribution in [0.4, 0.5) is 0 Å². The second-order valence-corrected chi connectivity index (χ2v) is 4.62. The Morgan fingerprint density at radius 3 is 2.31 bits per heavy atom. The zero-order valence-electron chi connectivity index (χ0n) is 9.02. The monoisotopic (exact) mass is 298 g/mol. The first-order valence-electron chi connectivity index (χ1n) is 5.43. The number of methoxy groups -OCH3 is 1. The van der Waals surface area contributed by atoms with Crippen LogP contribution in [-0.4, -0.2) is 17.6 Å². The van der Waals surface area contributed by atoms with Crippen molar-refractivity contribution in [2.75, 3.05) is 11.5 Å². The molecule has 0 saturated carbocycles. The molecule has 1 nitrogen and oxygen atoms in total. The van der Waals surface area contributed by atoms with E-state index in [0.29, 0.717) is 6.10 Å².